The van der Waals surface area contributed by atoms with Gasteiger partial charge in [0, 0.05) is 23.7 Å². The van der Waals surface area contributed by atoms with Gasteiger partial charge in [-0.1, -0.05) is 17.7 Å². The molecular weight excluding hydrogens is 356 g/mol. The summed E-state index contributed by atoms with van der Waals surface area (Å²) in [6.07, 6.45) is 3.77. The van der Waals surface area contributed by atoms with Gasteiger partial charge in [0.1, 0.15) is 0 Å². The standard InChI is InChI=1S/C19H17ClN2O4/c20-15-9-12(10-16-18(15)26-8-2-7-25-16)5-6-17(23)22-14-4-1-3-13(11-14)19(21)24/h1,3-6,9-11H,2,7-8H2,(H2,21,24)(H,22,23). The lowest BCUT2D eigenvalue weighted by atomic mass is 10.1. The maximum absolute atomic E-state index is 12.1. The number of halogens is 1. The molecule has 0 bridgehead atoms. The van der Waals surface area contributed by atoms with Gasteiger partial charge in [-0.05, 0) is 42.0 Å². The molecule has 1 heterocycles. The van der Waals surface area contributed by atoms with Gasteiger partial charge in [-0.2, -0.15) is 0 Å². The van der Waals surface area contributed by atoms with Crippen molar-refractivity contribution < 1.29 is 19.1 Å². The van der Waals surface area contributed by atoms with Crippen molar-refractivity contribution in [2.45, 2.75) is 6.42 Å². The van der Waals surface area contributed by atoms with E-state index in [4.69, 9.17) is 26.8 Å². The maximum atomic E-state index is 12.1. The molecule has 0 spiro atoms. The Morgan fingerprint density at radius 3 is 2.77 bits per heavy atom. The molecule has 0 unspecified atom stereocenters. The van der Waals surface area contributed by atoms with E-state index in [9.17, 15) is 9.59 Å². The largest absolute Gasteiger partial charge is 0.489 e. The number of hydrogen-bond donors (Lipinski definition) is 2. The number of primary amides is 1. The van der Waals surface area contributed by atoms with Crippen molar-refractivity contribution in [1.29, 1.82) is 0 Å². The lowest BCUT2D eigenvalue weighted by molar-refractivity contribution is -0.111. The fraction of sp³-hybridized carbons (Fsp3) is 0.158. The summed E-state index contributed by atoms with van der Waals surface area (Å²) in [5.74, 6) is 0.173. The summed E-state index contributed by atoms with van der Waals surface area (Å²) in [6, 6.07) is 9.87. The van der Waals surface area contributed by atoms with E-state index in [2.05, 4.69) is 5.32 Å². The van der Waals surface area contributed by atoms with Crippen molar-refractivity contribution in [2.24, 2.45) is 5.73 Å². The molecule has 26 heavy (non-hydrogen) atoms. The number of carbonyl (C=O) groups excluding carboxylic acids is 2. The first-order chi connectivity index (χ1) is 12.5. The molecule has 1 aliphatic heterocycles. The Bertz CT molecular complexity index is 880. The number of nitrogens with two attached hydrogens (primary N) is 1. The smallest absolute Gasteiger partial charge is 0.248 e. The highest BCUT2D eigenvalue weighted by molar-refractivity contribution is 6.32. The van der Waals surface area contributed by atoms with Crippen molar-refractivity contribution in [2.75, 3.05) is 18.5 Å². The number of hydrogen-bond acceptors (Lipinski definition) is 4. The van der Waals surface area contributed by atoms with Gasteiger partial charge in [-0.25, -0.2) is 0 Å². The van der Waals surface area contributed by atoms with Crippen LogP contribution in [0, 0.1) is 0 Å². The van der Waals surface area contributed by atoms with Crippen LogP contribution >= 0.6 is 11.6 Å². The molecule has 0 aliphatic carbocycles. The number of anilines is 1. The van der Waals surface area contributed by atoms with Gasteiger partial charge in [0.05, 0.1) is 18.2 Å². The normalized spacial score (nSPS) is 13.3. The van der Waals surface area contributed by atoms with Crippen LogP contribution in [-0.4, -0.2) is 25.0 Å². The molecule has 0 atom stereocenters. The predicted octanol–water partition coefficient (Wildman–Crippen LogP) is 3.25. The zero-order chi connectivity index (χ0) is 18.5. The van der Waals surface area contributed by atoms with Crippen LogP contribution in [0.3, 0.4) is 0 Å². The molecule has 134 valence electrons. The number of nitrogens with one attached hydrogen (secondary N) is 1. The summed E-state index contributed by atoms with van der Waals surface area (Å²) in [6.45, 7) is 1.10. The maximum Gasteiger partial charge on any atom is 0.248 e. The Morgan fingerprint density at radius 2 is 1.96 bits per heavy atom. The molecule has 0 radical (unpaired) electrons. The minimum atomic E-state index is -0.557. The van der Waals surface area contributed by atoms with Crippen LogP contribution in [-0.2, 0) is 4.79 Å². The third-order valence-electron chi connectivity index (χ3n) is 3.67. The highest BCUT2D eigenvalue weighted by Crippen LogP contribution is 2.38. The Morgan fingerprint density at radius 1 is 1.15 bits per heavy atom. The quantitative estimate of drug-likeness (QED) is 0.806. The van der Waals surface area contributed by atoms with E-state index >= 15 is 0 Å². The van der Waals surface area contributed by atoms with Crippen LogP contribution < -0.4 is 20.5 Å². The highest BCUT2D eigenvalue weighted by atomic mass is 35.5. The molecule has 0 saturated carbocycles. The molecule has 0 aromatic heterocycles. The predicted molar refractivity (Wildman–Crippen MR) is 99.7 cm³/mol. The van der Waals surface area contributed by atoms with E-state index in [1.54, 1.807) is 36.4 Å². The summed E-state index contributed by atoms with van der Waals surface area (Å²) in [4.78, 5) is 23.3. The van der Waals surface area contributed by atoms with Crippen LogP contribution in [0.5, 0.6) is 11.5 Å². The second-order valence-electron chi connectivity index (χ2n) is 5.65. The second kappa shape index (κ2) is 7.93. The number of amides is 2. The molecular formula is C19H17ClN2O4. The summed E-state index contributed by atoms with van der Waals surface area (Å²) in [5.41, 5.74) is 6.74. The average Bonchev–Trinajstić information content (AvgIpc) is 2.86. The number of fused-ring (bicyclic) bond motifs is 1. The number of carbonyl (C=O) groups is 2. The van der Waals surface area contributed by atoms with E-state index in [1.165, 1.54) is 12.1 Å². The Balaban J connectivity index is 1.72. The van der Waals surface area contributed by atoms with Crippen molar-refractivity contribution >= 4 is 35.2 Å². The summed E-state index contributed by atoms with van der Waals surface area (Å²) < 4.78 is 11.2. The van der Waals surface area contributed by atoms with Crippen molar-refractivity contribution in [3.63, 3.8) is 0 Å². The summed E-state index contributed by atoms with van der Waals surface area (Å²) in [5, 5.41) is 3.10. The number of benzene rings is 2. The minimum absolute atomic E-state index is 0.321. The zero-order valence-corrected chi connectivity index (χ0v) is 14.6. The van der Waals surface area contributed by atoms with E-state index < -0.39 is 5.91 Å². The van der Waals surface area contributed by atoms with Crippen molar-refractivity contribution in [3.8, 4) is 11.5 Å². The molecule has 7 heteroatoms. The van der Waals surface area contributed by atoms with Crippen LogP contribution in [0.25, 0.3) is 6.08 Å². The Kier molecular flexibility index (Phi) is 5.43. The minimum Gasteiger partial charge on any atom is -0.489 e. The van der Waals surface area contributed by atoms with E-state index in [0.717, 1.165) is 6.42 Å². The third-order valence-corrected chi connectivity index (χ3v) is 3.95. The molecule has 2 amide bonds. The van der Waals surface area contributed by atoms with Gasteiger partial charge in [0.2, 0.25) is 11.8 Å². The van der Waals surface area contributed by atoms with Crippen LogP contribution in [0.1, 0.15) is 22.3 Å². The highest BCUT2D eigenvalue weighted by Gasteiger charge is 2.15. The lowest BCUT2D eigenvalue weighted by Gasteiger charge is -2.10. The first-order valence-electron chi connectivity index (χ1n) is 8.01. The molecule has 2 aromatic carbocycles. The van der Waals surface area contributed by atoms with Gasteiger partial charge >= 0.3 is 0 Å². The van der Waals surface area contributed by atoms with Gasteiger partial charge in [-0.15, -0.1) is 0 Å². The lowest BCUT2D eigenvalue weighted by Crippen LogP contribution is -2.12. The van der Waals surface area contributed by atoms with E-state index in [1.807, 2.05) is 0 Å². The Labute approximate surface area is 155 Å². The van der Waals surface area contributed by atoms with Crippen LogP contribution in [0.4, 0.5) is 5.69 Å². The first-order valence-corrected chi connectivity index (χ1v) is 8.39. The fourth-order valence-electron chi connectivity index (χ4n) is 2.45. The molecule has 6 nitrogen and oxygen atoms in total. The summed E-state index contributed by atoms with van der Waals surface area (Å²) in [7, 11) is 0. The number of ether oxygens (including phenoxy) is 2. The summed E-state index contributed by atoms with van der Waals surface area (Å²) >= 11 is 6.23. The van der Waals surface area contributed by atoms with Gasteiger partial charge < -0.3 is 20.5 Å². The molecule has 3 N–H and O–H groups in total. The SMILES string of the molecule is NC(=O)c1cccc(NC(=O)C=Cc2cc(Cl)c3c(c2)OCCCO3)c1. The first kappa shape index (κ1) is 17.8. The average molecular weight is 373 g/mol. The molecule has 0 saturated heterocycles. The number of rotatable bonds is 4. The van der Waals surface area contributed by atoms with Gasteiger partial charge in [0.25, 0.3) is 0 Å². The van der Waals surface area contributed by atoms with Gasteiger partial charge in [0.15, 0.2) is 11.5 Å². The Hall–Kier alpha value is -2.99. The van der Waals surface area contributed by atoms with Crippen LogP contribution in [0.2, 0.25) is 5.02 Å². The second-order valence-corrected chi connectivity index (χ2v) is 6.06. The van der Waals surface area contributed by atoms with Crippen LogP contribution in [0.15, 0.2) is 42.5 Å². The monoisotopic (exact) mass is 372 g/mol. The van der Waals surface area contributed by atoms with E-state index in [-0.39, 0.29) is 5.91 Å². The van der Waals surface area contributed by atoms with Crippen molar-refractivity contribution in [3.05, 3.63) is 58.6 Å². The third kappa shape index (κ3) is 4.34. The molecule has 2 aromatic rings. The molecule has 3 rings (SSSR count). The fourth-order valence-corrected chi connectivity index (χ4v) is 2.73. The van der Waals surface area contributed by atoms with E-state index in [0.29, 0.717) is 46.5 Å². The van der Waals surface area contributed by atoms with Gasteiger partial charge in [-0.3, -0.25) is 9.59 Å². The van der Waals surface area contributed by atoms with Crippen molar-refractivity contribution in [1.82, 2.24) is 0 Å². The zero-order valence-electron chi connectivity index (χ0n) is 13.8. The molecule has 1 aliphatic rings. The molecule has 0 fully saturated rings. The topological polar surface area (TPSA) is 90.7 Å².